The first kappa shape index (κ1) is 15.6. The Labute approximate surface area is 139 Å². The third kappa shape index (κ3) is 2.94. The average molecular weight is 339 g/mol. The van der Waals surface area contributed by atoms with Crippen molar-refractivity contribution in [3.63, 3.8) is 0 Å². The van der Waals surface area contributed by atoms with Gasteiger partial charge >= 0.3 is 0 Å². The molecule has 1 saturated carbocycles. The molecule has 1 aromatic carbocycles. The van der Waals surface area contributed by atoms with Crippen molar-refractivity contribution in [2.45, 2.75) is 31.2 Å². The number of halogens is 2. The van der Waals surface area contributed by atoms with Crippen LogP contribution in [-0.4, -0.2) is 25.2 Å². The first-order chi connectivity index (χ1) is 10.6. The highest BCUT2D eigenvalue weighted by Gasteiger charge is 2.46. The van der Waals surface area contributed by atoms with Gasteiger partial charge in [-0.25, -0.2) is 0 Å². The lowest BCUT2D eigenvalue weighted by Gasteiger charge is -2.29. The van der Waals surface area contributed by atoms with Crippen LogP contribution in [0.4, 0.5) is 0 Å². The molecule has 1 aliphatic carbocycles. The maximum Gasteiger partial charge on any atom is 0.240 e. The Hall–Kier alpha value is -1.28. The van der Waals surface area contributed by atoms with Gasteiger partial charge in [-0.2, -0.15) is 5.26 Å². The van der Waals surface area contributed by atoms with E-state index in [4.69, 9.17) is 27.9 Å². The van der Waals surface area contributed by atoms with Crippen LogP contribution in [0, 0.1) is 16.7 Å². The predicted molar refractivity (Wildman–Crippen MR) is 83.8 cm³/mol. The average Bonchev–Trinajstić information content (AvgIpc) is 3.26. The number of carbonyl (C=O) groups excluding carboxylic acids is 1. The normalized spacial score (nSPS) is 26.0. The van der Waals surface area contributed by atoms with Gasteiger partial charge in [0.15, 0.2) is 0 Å². The van der Waals surface area contributed by atoms with Crippen molar-refractivity contribution in [1.29, 1.82) is 5.26 Å². The van der Waals surface area contributed by atoms with Crippen molar-refractivity contribution < 1.29 is 9.53 Å². The van der Waals surface area contributed by atoms with E-state index in [1.54, 1.807) is 12.1 Å². The van der Waals surface area contributed by atoms with Crippen molar-refractivity contribution in [2.24, 2.45) is 5.41 Å². The molecule has 22 heavy (non-hydrogen) atoms. The van der Waals surface area contributed by atoms with E-state index < -0.39 is 5.41 Å². The van der Waals surface area contributed by atoms with Crippen molar-refractivity contribution in [2.75, 3.05) is 13.2 Å². The van der Waals surface area contributed by atoms with Gasteiger partial charge in [0, 0.05) is 35.2 Å². The number of hydrogen-bond donors (Lipinski definition) is 1. The van der Waals surface area contributed by atoms with Gasteiger partial charge in [-0.1, -0.05) is 29.3 Å². The summed E-state index contributed by atoms with van der Waals surface area (Å²) in [6.07, 6.45) is 1.74. The van der Waals surface area contributed by atoms with Gasteiger partial charge in [0.2, 0.25) is 5.91 Å². The molecule has 2 atom stereocenters. The van der Waals surface area contributed by atoms with Crippen LogP contribution < -0.4 is 5.32 Å². The van der Waals surface area contributed by atoms with E-state index in [1.807, 2.05) is 6.07 Å². The molecule has 1 aromatic rings. The van der Waals surface area contributed by atoms with Crippen LogP contribution in [-0.2, 0) is 9.53 Å². The smallest absolute Gasteiger partial charge is 0.240 e. The molecule has 1 amide bonds. The second-order valence-electron chi connectivity index (χ2n) is 5.89. The van der Waals surface area contributed by atoms with E-state index in [0.717, 1.165) is 12.0 Å². The first-order valence-corrected chi connectivity index (χ1v) is 8.06. The summed E-state index contributed by atoms with van der Waals surface area (Å²) in [7, 11) is 0. The molecule has 0 unspecified atom stereocenters. The van der Waals surface area contributed by atoms with E-state index >= 15 is 0 Å². The minimum atomic E-state index is -0.949. The Kier molecular flexibility index (Phi) is 4.31. The second kappa shape index (κ2) is 6.08. The lowest BCUT2D eigenvalue weighted by molar-refractivity contribution is -0.132. The van der Waals surface area contributed by atoms with Gasteiger partial charge in [-0.15, -0.1) is 0 Å². The van der Waals surface area contributed by atoms with Gasteiger partial charge in [-0.05, 0) is 37.0 Å². The maximum absolute atomic E-state index is 12.5. The number of carbonyl (C=O) groups is 1. The molecular weight excluding hydrogens is 323 g/mol. The fourth-order valence-electron chi connectivity index (χ4n) is 2.92. The van der Waals surface area contributed by atoms with Crippen molar-refractivity contribution in [3.8, 4) is 6.07 Å². The SMILES string of the molecule is N#CC1(C(=O)N[C@@H]2C[C@H]2c2ccc(Cl)cc2Cl)CCOCC1. The van der Waals surface area contributed by atoms with Crippen molar-refractivity contribution in [1.82, 2.24) is 5.32 Å². The molecule has 0 bridgehead atoms. The predicted octanol–water partition coefficient (Wildman–Crippen LogP) is 3.29. The summed E-state index contributed by atoms with van der Waals surface area (Å²) in [5.41, 5.74) is 0.0455. The molecule has 116 valence electrons. The zero-order chi connectivity index (χ0) is 15.7. The number of ether oxygens (including phenoxy) is 1. The van der Waals surface area contributed by atoms with Gasteiger partial charge in [0.25, 0.3) is 0 Å². The Bertz CT molecular complexity index is 636. The quantitative estimate of drug-likeness (QED) is 0.919. The molecule has 1 saturated heterocycles. The number of nitrogens with zero attached hydrogens (tertiary/aromatic N) is 1. The minimum absolute atomic E-state index is 0.0410. The molecule has 2 aliphatic rings. The van der Waals surface area contributed by atoms with Crippen LogP contribution in [0.25, 0.3) is 0 Å². The molecular formula is C16H16Cl2N2O2. The van der Waals surface area contributed by atoms with E-state index in [9.17, 15) is 10.1 Å². The lowest BCUT2D eigenvalue weighted by atomic mass is 9.81. The zero-order valence-corrected chi connectivity index (χ0v) is 13.5. The highest BCUT2D eigenvalue weighted by Crippen LogP contribution is 2.45. The fraction of sp³-hybridized carbons (Fsp3) is 0.500. The van der Waals surface area contributed by atoms with Crippen LogP contribution in [0.15, 0.2) is 18.2 Å². The topological polar surface area (TPSA) is 62.1 Å². The molecule has 3 rings (SSSR count). The van der Waals surface area contributed by atoms with E-state index in [0.29, 0.717) is 36.1 Å². The zero-order valence-electron chi connectivity index (χ0n) is 11.9. The molecule has 0 radical (unpaired) electrons. The third-order valence-corrected chi connectivity index (χ3v) is 5.03. The maximum atomic E-state index is 12.5. The van der Waals surface area contributed by atoms with Crippen LogP contribution >= 0.6 is 23.2 Å². The fourth-order valence-corrected chi connectivity index (χ4v) is 3.47. The minimum Gasteiger partial charge on any atom is -0.381 e. The molecule has 0 spiro atoms. The van der Waals surface area contributed by atoms with Crippen molar-refractivity contribution in [3.05, 3.63) is 33.8 Å². The molecule has 4 nitrogen and oxygen atoms in total. The van der Waals surface area contributed by atoms with Crippen LogP contribution in [0.2, 0.25) is 10.0 Å². The summed E-state index contributed by atoms with van der Waals surface area (Å²) in [4.78, 5) is 12.5. The number of nitrogens with one attached hydrogen (secondary N) is 1. The molecule has 1 N–H and O–H groups in total. The number of nitriles is 1. The lowest BCUT2D eigenvalue weighted by Crippen LogP contribution is -2.44. The number of amides is 1. The standard InChI is InChI=1S/C16H16Cl2N2O2/c17-10-1-2-11(13(18)7-10)12-8-14(12)20-15(21)16(9-19)3-5-22-6-4-16/h1-2,7,12,14H,3-6,8H2,(H,20,21)/t12-,14+/m0/s1. The largest absolute Gasteiger partial charge is 0.381 e. The van der Waals surface area contributed by atoms with Crippen LogP contribution in [0.3, 0.4) is 0 Å². The Morgan fingerprint density at radius 1 is 1.36 bits per heavy atom. The van der Waals surface area contributed by atoms with Gasteiger partial charge in [0.1, 0.15) is 5.41 Å². The van der Waals surface area contributed by atoms with Gasteiger partial charge < -0.3 is 10.1 Å². The van der Waals surface area contributed by atoms with Crippen LogP contribution in [0.1, 0.15) is 30.7 Å². The van der Waals surface area contributed by atoms with Gasteiger partial charge in [0.05, 0.1) is 6.07 Å². The summed E-state index contributed by atoms with van der Waals surface area (Å²) in [6.45, 7) is 0.913. The van der Waals surface area contributed by atoms with Crippen molar-refractivity contribution >= 4 is 29.1 Å². The summed E-state index contributed by atoms with van der Waals surface area (Å²) < 4.78 is 5.25. The first-order valence-electron chi connectivity index (χ1n) is 7.31. The molecule has 1 aliphatic heterocycles. The Morgan fingerprint density at radius 3 is 2.73 bits per heavy atom. The van der Waals surface area contributed by atoms with Crippen LogP contribution in [0.5, 0.6) is 0 Å². The summed E-state index contributed by atoms with van der Waals surface area (Å²) >= 11 is 12.1. The number of rotatable bonds is 3. The Morgan fingerprint density at radius 2 is 2.09 bits per heavy atom. The third-order valence-electron chi connectivity index (χ3n) is 4.46. The highest BCUT2D eigenvalue weighted by molar-refractivity contribution is 6.35. The molecule has 1 heterocycles. The summed E-state index contributed by atoms with van der Waals surface area (Å²) in [5.74, 6) is 0.0141. The van der Waals surface area contributed by atoms with Gasteiger partial charge in [-0.3, -0.25) is 4.79 Å². The highest BCUT2D eigenvalue weighted by atomic mass is 35.5. The number of benzene rings is 1. The summed E-state index contributed by atoms with van der Waals surface area (Å²) in [6, 6.07) is 7.64. The summed E-state index contributed by atoms with van der Waals surface area (Å²) in [5, 5.41) is 13.6. The van der Waals surface area contributed by atoms with E-state index in [2.05, 4.69) is 11.4 Å². The van der Waals surface area contributed by atoms with E-state index in [-0.39, 0.29) is 17.9 Å². The Balaban J connectivity index is 1.66. The number of hydrogen-bond acceptors (Lipinski definition) is 3. The molecule has 0 aromatic heterocycles. The molecule has 2 fully saturated rings. The van der Waals surface area contributed by atoms with E-state index in [1.165, 1.54) is 0 Å². The molecule has 6 heteroatoms. The second-order valence-corrected chi connectivity index (χ2v) is 6.74. The monoisotopic (exact) mass is 338 g/mol.